The lowest BCUT2D eigenvalue weighted by atomic mass is 9.89. The van der Waals surface area contributed by atoms with E-state index in [-0.39, 0.29) is 6.42 Å². The lowest BCUT2D eigenvalue weighted by molar-refractivity contribution is -0.223. The molecule has 0 aliphatic carbocycles. The SMILES string of the molecule is C#Cc1ccc(Cc2cc([C@@H]3O[C@H](CC#N)[C@@H](O)[C@H](O)[C@H]3O)ccc2Br)cc1. The fourth-order valence-corrected chi connectivity index (χ4v) is 3.72. The molecule has 3 N–H and O–H groups in total. The summed E-state index contributed by atoms with van der Waals surface area (Å²) in [6.45, 7) is 0. The standard InChI is InChI=1S/C22H20BrNO4/c1-2-13-3-5-14(6-4-13)11-16-12-15(7-8-17(16)23)22-21(27)20(26)19(25)18(28-22)9-10-24/h1,3-8,12,18-22,25-27H,9,11H2/t18-,19-,20+,21-,22+/m1/s1. The first-order chi connectivity index (χ1) is 13.4. The van der Waals surface area contributed by atoms with E-state index in [4.69, 9.17) is 16.4 Å². The summed E-state index contributed by atoms with van der Waals surface area (Å²) in [7, 11) is 0. The second-order valence-electron chi connectivity index (χ2n) is 6.80. The van der Waals surface area contributed by atoms with Gasteiger partial charge >= 0.3 is 0 Å². The number of aliphatic hydroxyl groups excluding tert-OH is 3. The number of benzene rings is 2. The van der Waals surface area contributed by atoms with Crippen LogP contribution < -0.4 is 0 Å². The van der Waals surface area contributed by atoms with Crippen LogP contribution in [-0.4, -0.2) is 39.7 Å². The highest BCUT2D eigenvalue weighted by Crippen LogP contribution is 2.35. The molecular weight excluding hydrogens is 422 g/mol. The van der Waals surface area contributed by atoms with Crippen molar-refractivity contribution >= 4 is 15.9 Å². The third-order valence-electron chi connectivity index (χ3n) is 4.92. The summed E-state index contributed by atoms with van der Waals surface area (Å²) >= 11 is 3.55. The van der Waals surface area contributed by atoms with Crippen LogP contribution in [-0.2, 0) is 11.2 Å². The van der Waals surface area contributed by atoms with Crippen molar-refractivity contribution < 1.29 is 20.1 Å². The number of halogens is 1. The third-order valence-corrected chi connectivity index (χ3v) is 5.69. The monoisotopic (exact) mass is 441 g/mol. The zero-order valence-corrected chi connectivity index (χ0v) is 16.6. The van der Waals surface area contributed by atoms with Gasteiger partial charge in [0.2, 0.25) is 0 Å². The predicted molar refractivity (Wildman–Crippen MR) is 107 cm³/mol. The second-order valence-corrected chi connectivity index (χ2v) is 7.65. The molecule has 5 atom stereocenters. The van der Waals surface area contributed by atoms with Crippen LogP contribution in [0.5, 0.6) is 0 Å². The zero-order chi connectivity index (χ0) is 20.3. The first-order valence-electron chi connectivity index (χ1n) is 8.85. The molecule has 3 rings (SSSR count). The largest absolute Gasteiger partial charge is 0.388 e. The Balaban J connectivity index is 1.87. The zero-order valence-electron chi connectivity index (χ0n) is 15.0. The molecule has 2 aromatic rings. The van der Waals surface area contributed by atoms with Crippen LogP contribution in [0.15, 0.2) is 46.9 Å². The predicted octanol–water partition coefficient (Wildman–Crippen LogP) is 2.46. The molecule has 6 heteroatoms. The van der Waals surface area contributed by atoms with Crippen molar-refractivity contribution in [3.63, 3.8) is 0 Å². The van der Waals surface area contributed by atoms with Gasteiger partial charge in [0.15, 0.2) is 0 Å². The third kappa shape index (κ3) is 4.28. The second kappa shape index (κ2) is 8.87. The van der Waals surface area contributed by atoms with Crippen molar-refractivity contribution in [1.29, 1.82) is 5.26 Å². The lowest BCUT2D eigenvalue weighted by Crippen LogP contribution is -2.54. The quantitative estimate of drug-likeness (QED) is 0.633. The molecule has 144 valence electrons. The van der Waals surface area contributed by atoms with Gasteiger partial charge in [0.05, 0.1) is 18.6 Å². The average Bonchev–Trinajstić information content (AvgIpc) is 2.71. The fourth-order valence-electron chi connectivity index (χ4n) is 3.33. The number of aliphatic hydroxyl groups is 3. The van der Waals surface area contributed by atoms with E-state index in [0.29, 0.717) is 12.0 Å². The van der Waals surface area contributed by atoms with Gasteiger partial charge in [-0.05, 0) is 41.3 Å². The Kier molecular flexibility index (Phi) is 6.51. The molecule has 1 saturated heterocycles. The van der Waals surface area contributed by atoms with E-state index in [0.717, 1.165) is 21.2 Å². The Morgan fingerprint density at radius 1 is 1.04 bits per heavy atom. The molecule has 1 aliphatic heterocycles. The van der Waals surface area contributed by atoms with Crippen molar-refractivity contribution in [2.24, 2.45) is 0 Å². The van der Waals surface area contributed by atoms with E-state index in [1.54, 1.807) is 6.07 Å². The fraction of sp³-hybridized carbons (Fsp3) is 0.318. The molecule has 0 radical (unpaired) electrons. The van der Waals surface area contributed by atoms with Gasteiger partial charge in [-0.25, -0.2) is 0 Å². The topological polar surface area (TPSA) is 93.7 Å². The van der Waals surface area contributed by atoms with Crippen molar-refractivity contribution in [3.05, 3.63) is 69.2 Å². The minimum absolute atomic E-state index is 0.0770. The van der Waals surface area contributed by atoms with Crippen LogP contribution in [0.3, 0.4) is 0 Å². The van der Waals surface area contributed by atoms with Crippen molar-refractivity contribution in [1.82, 2.24) is 0 Å². The molecule has 0 spiro atoms. The van der Waals surface area contributed by atoms with Gasteiger partial charge in [-0.1, -0.05) is 46.1 Å². The molecule has 0 unspecified atom stereocenters. The van der Waals surface area contributed by atoms with Crippen LogP contribution in [0.25, 0.3) is 0 Å². The van der Waals surface area contributed by atoms with Gasteiger partial charge in [-0.3, -0.25) is 0 Å². The summed E-state index contributed by atoms with van der Waals surface area (Å²) in [6.07, 6.45) is 0.249. The summed E-state index contributed by atoms with van der Waals surface area (Å²) in [5, 5.41) is 39.5. The minimum Gasteiger partial charge on any atom is -0.388 e. The van der Waals surface area contributed by atoms with Crippen LogP contribution in [0, 0.1) is 23.7 Å². The molecule has 1 fully saturated rings. The highest BCUT2D eigenvalue weighted by atomic mass is 79.9. The first-order valence-corrected chi connectivity index (χ1v) is 9.64. The molecule has 0 aromatic heterocycles. The van der Waals surface area contributed by atoms with Crippen LogP contribution >= 0.6 is 15.9 Å². The van der Waals surface area contributed by atoms with Crippen molar-refractivity contribution in [2.45, 2.75) is 43.4 Å². The Morgan fingerprint density at radius 2 is 1.75 bits per heavy atom. The molecule has 0 saturated carbocycles. The number of hydrogen-bond donors (Lipinski definition) is 3. The molecule has 1 aliphatic rings. The molecule has 5 nitrogen and oxygen atoms in total. The summed E-state index contributed by atoms with van der Waals surface area (Å²) in [6, 6.07) is 15.2. The molecule has 2 aromatic carbocycles. The molecule has 1 heterocycles. The normalized spacial score (nSPS) is 27.0. The molecule has 0 amide bonds. The van der Waals surface area contributed by atoms with Gasteiger partial charge in [0.25, 0.3) is 0 Å². The number of terminal acetylenes is 1. The lowest BCUT2D eigenvalue weighted by Gasteiger charge is -2.40. The number of rotatable bonds is 4. The van der Waals surface area contributed by atoms with E-state index in [1.807, 2.05) is 42.5 Å². The first kappa shape index (κ1) is 20.5. The number of ether oxygens (including phenoxy) is 1. The van der Waals surface area contributed by atoms with E-state index in [2.05, 4.69) is 21.9 Å². The Morgan fingerprint density at radius 3 is 2.39 bits per heavy atom. The molecular formula is C22H20BrNO4. The summed E-state index contributed by atoms with van der Waals surface area (Å²) in [5.74, 6) is 2.59. The van der Waals surface area contributed by atoms with E-state index in [9.17, 15) is 15.3 Å². The highest BCUT2D eigenvalue weighted by Gasteiger charge is 2.44. The van der Waals surface area contributed by atoms with Crippen molar-refractivity contribution in [2.75, 3.05) is 0 Å². The summed E-state index contributed by atoms with van der Waals surface area (Å²) in [4.78, 5) is 0. The van der Waals surface area contributed by atoms with Crippen LogP contribution in [0.2, 0.25) is 0 Å². The number of hydrogen-bond acceptors (Lipinski definition) is 5. The summed E-state index contributed by atoms with van der Waals surface area (Å²) < 4.78 is 6.66. The van der Waals surface area contributed by atoms with E-state index >= 15 is 0 Å². The van der Waals surface area contributed by atoms with Crippen LogP contribution in [0.4, 0.5) is 0 Å². The maximum Gasteiger partial charge on any atom is 0.113 e. The molecule has 0 bridgehead atoms. The minimum atomic E-state index is -1.39. The number of nitriles is 1. The van der Waals surface area contributed by atoms with Gasteiger partial charge in [-0.15, -0.1) is 6.42 Å². The van der Waals surface area contributed by atoms with Gasteiger partial charge < -0.3 is 20.1 Å². The average molecular weight is 442 g/mol. The van der Waals surface area contributed by atoms with Crippen LogP contribution in [0.1, 0.15) is 34.8 Å². The molecule has 28 heavy (non-hydrogen) atoms. The number of nitrogens with zero attached hydrogens (tertiary/aromatic N) is 1. The van der Waals surface area contributed by atoms with Gasteiger partial charge in [-0.2, -0.15) is 5.26 Å². The van der Waals surface area contributed by atoms with Gasteiger partial charge in [0.1, 0.15) is 24.4 Å². The Hall–Kier alpha value is -2.19. The van der Waals surface area contributed by atoms with Crippen molar-refractivity contribution in [3.8, 4) is 18.4 Å². The summed E-state index contributed by atoms with van der Waals surface area (Å²) in [5.41, 5.74) is 3.52. The van der Waals surface area contributed by atoms with E-state index < -0.39 is 30.5 Å². The Labute approximate surface area is 172 Å². The van der Waals surface area contributed by atoms with E-state index in [1.165, 1.54) is 0 Å². The maximum absolute atomic E-state index is 10.4. The highest BCUT2D eigenvalue weighted by molar-refractivity contribution is 9.10. The smallest absolute Gasteiger partial charge is 0.113 e. The maximum atomic E-state index is 10.4. The van der Waals surface area contributed by atoms with Gasteiger partial charge in [0, 0.05) is 10.0 Å². The Bertz CT molecular complexity index is 916.